The molecule has 0 saturated heterocycles. The summed E-state index contributed by atoms with van der Waals surface area (Å²) in [6.45, 7) is 4.55. The van der Waals surface area contributed by atoms with Gasteiger partial charge in [0.05, 0.1) is 5.92 Å². The molecule has 0 radical (unpaired) electrons. The van der Waals surface area contributed by atoms with Gasteiger partial charge in [0, 0.05) is 18.0 Å². The van der Waals surface area contributed by atoms with Gasteiger partial charge in [0.1, 0.15) is 5.75 Å². The second-order valence-electron chi connectivity index (χ2n) is 14.3. The summed E-state index contributed by atoms with van der Waals surface area (Å²) in [5.74, 6) is 3.96. The van der Waals surface area contributed by atoms with Gasteiger partial charge in [-0.15, -0.1) is 0 Å². The number of nitrogens with zero attached hydrogens (tertiary/aromatic N) is 2. The lowest BCUT2D eigenvalue weighted by Gasteiger charge is -2.28. The predicted molar refractivity (Wildman–Crippen MR) is 184 cm³/mol. The first-order valence-corrected chi connectivity index (χ1v) is 18.8. The highest BCUT2D eigenvalue weighted by atomic mass is 16.5. The van der Waals surface area contributed by atoms with Crippen molar-refractivity contribution in [3.05, 3.63) is 42.2 Å². The van der Waals surface area contributed by atoms with Gasteiger partial charge in [-0.1, -0.05) is 123 Å². The molecule has 1 aromatic carbocycles. The van der Waals surface area contributed by atoms with Crippen LogP contribution in [0.5, 0.6) is 5.75 Å². The zero-order chi connectivity index (χ0) is 30.8. The number of carbonyl (C=O) groups excluding carboxylic acids is 1. The van der Waals surface area contributed by atoms with Gasteiger partial charge in [0.15, 0.2) is 5.82 Å². The number of hydrogen-bond donors (Lipinski definition) is 0. The maximum absolute atomic E-state index is 12.8. The van der Waals surface area contributed by atoms with Gasteiger partial charge >= 0.3 is 5.97 Å². The van der Waals surface area contributed by atoms with E-state index in [1.54, 1.807) is 0 Å². The largest absolute Gasteiger partial charge is 0.426 e. The van der Waals surface area contributed by atoms with Crippen LogP contribution in [0.25, 0.3) is 11.4 Å². The Bertz CT molecular complexity index is 1030. The summed E-state index contributed by atoms with van der Waals surface area (Å²) in [4.78, 5) is 22.1. The van der Waals surface area contributed by atoms with Gasteiger partial charge in [-0.05, 0) is 86.1 Å². The number of rotatable bonds is 19. The molecule has 0 amide bonds. The first-order chi connectivity index (χ1) is 21.6. The molecule has 0 atom stereocenters. The van der Waals surface area contributed by atoms with E-state index in [0.29, 0.717) is 5.75 Å². The molecule has 4 heteroatoms. The van der Waals surface area contributed by atoms with E-state index in [0.717, 1.165) is 61.2 Å². The molecule has 0 unspecified atom stereocenters. The Morgan fingerprint density at radius 1 is 0.636 bits per heavy atom. The molecule has 2 aromatic rings. The first kappa shape index (κ1) is 34.6. The van der Waals surface area contributed by atoms with E-state index in [-0.39, 0.29) is 11.9 Å². The van der Waals surface area contributed by atoms with Crippen molar-refractivity contribution in [3.63, 3.8) is 0 Å². The standard InChI is InChI=1S/C40H62N2O2/c1-3-5-7-8-9-10-11-13-15-32-16-18-34(19-17-32)20-21-35-30-41-39(42-31-35)36-26-28-38(29-27-36)44-40(43)37-24-22-33(23-25-37)14-12-6-4-2/h26-34,37H,3-25H2,1-2H3/t32-,33-,34-,37-. The topological polar surface area (TPSA) is 52.1 Å². The molecule has 2 fully saturated rings. The average molecular weight is 603 g/mol. The maximum atomic E-state index is 12.8. The first-order valence-electron chi connectivity index (χ1n) is 18.8. The zero-order valence-corrected chi connectivity index (χ0v) is 28.2. The van der Waals surface area contributed by atoms with Crippen molar-refractivity contribution in [2.75, 3.05) is 0 Å². The van der Waals surface area contributed by atoms with Crippen molar-refractivity contribution in [1.82, 2.24) is 9.97 Å². The number of carbonyl (C=O) groups is 1. The smallest absolute Gasteiger partial charge is 0.314 e. The van der Waals surface area contributed by atoms with Crippen LogP contribution in [0.3, 0.4) is 0 Å². The number of aromatic nitrogens is 2. The molecule has 0 N–H and O–H groups in total. The Labute approximate surface area is 269 Å². The highest BCUT2D eigenvalue weighted by molar-refractivity contribution is 5.75. The SMILES string of the molecule is CCCCCCCCCC[C@H]1CC[C@H](CCc2cnc(-c3ccc(OC(=O)[C@H]4CC[C@H](CCCCC)CC4)cc3)nc2)CC1. The Hall–Kier alpha value is -2.23. The van der Waals surface area contributed by atoms with Crippen molar-refractivity contribution >= 4 is 5.97 Å². The summed E-state index contributed by atoms with van der Waals surface area (Å²) in [7, 11) is 0. The minimum Gasteiger partial charge on any atom is -0.426 e. The molecule has 4 rings (SSSR count). The molecule has 2 aliphatic carbocycles. The van der Waals surface area contributed by atoms with Crippen LogP contribution in [-0.2, 0) is 11.2 Å². The molecule has 244 valence electrons. The molecule has 4 nitrogen and oxygen atoms in total. The van der Waals surface area contributed by atoms with Crippen LogP contribution in [0.15, 0.2) is 36.7 Å². The molecule has 44 heavy (non-hydrogen) atoms. The van der Waals surface area contributed by atoms with Gasteiger partial charge in [-0.3, -0.25) is 4.79 Å². The average Bonchev–Trinajstić information content (AvgIpc) is 3.06. The molecule has 2 aliphatic rings. The van der Waals surface area contributed by atoms with Gasteiger partial charge < -0.3 is 4.74 Å². The van der Waals surface area contributed by atoms with Gasteiger partial charge in [-0.25, -0.2) is 9.97 Å². The minimum absolute atomic E-state index is 0.0442. The Kier molecular flexibility index (Phi) is 15.8. The number of hydrogen-bond acceptors (Lipinski definition) is 4. The fourth-order valence-corrected chi connectivity index (χ4v) is 7.62. The second kappa shape index (κ2) is 20.0. The van der Waals surface area contributed by atoms with E-state index in [9.17, 15) is 4.79 Å². The van der Waals surface area contributed by atoms with Crippen LogP contribution in [0.2, 0.25) is 0 Å². The minimum atomic E-state index is -0.0673. The van der Waals surface area contributed by atoms with Crippen molar-refractivity contribution < 1.29 is 9.53 Å². The molecule has 1 aromatic heterocycles. The number of benzene rings is 1. The summed E-state index contributed by atoms with van der Waals surface area (Å²) in [6, 6.07) is 7.69. The van der Waals surface area contributed by atoms with Crippen molar-refractivity contribution in [3.8, 4) is 17.1 Å². The zero-order valence-electron chi connectivity index (χ0n) is 28.2. The van der Waals surface area contributed by atoms with Crippen LogP contribution in [0, 0.1) is 23.7 Å². The van der Waals surface area contributed by atoms with Gasteiger partial charge in [0.2, 0.25) is 0 Å². The van der Waals surface area contributed by atoms with E-state index in [2.05, 4.69) is 23.8 Å². The van der Waals surface area contributed by atoms with E-state index < -0.39 is 0 Å². The lowest BCUT2D eigenvalue weighted by Crippen LogP contribution is -2.25. The van der Waals surface area contributed by atoms with Gasteiger partial charge in [0.25, 0.3) is 0 Å². The maximum Gasteiger partial charge on any atom is 0.314 e. The number of unbranched alkanes of at least 4 members (excludes halogenated alkanes) is 9. The van der Waals surface area contributed by atoms with Crippen molar-refractivity contribution in [2.24, 2.45) is 23.7 Å². The highest BCUT2D eigenvalue weighted by Gasteiger charge is 2.27. The molecule has 0 spiro atoms. The summed E-state index contributed by atoms with van der Waals surface area (Å²) in [5.41, 5.74) is 2.19. The lowest BCUT2D eigenvalue weighted by atomic mass is 9.78. The van der Waals surface area contributed by atoms with Crippen LogP contribution < -0.4 is 4.74 Å². The normalized spacial score (nSPS) is 22.1. The summed E-state index contributed by atoms with van der Waals surface area (Å²) in [5, 5.41) is 0. The van der Waals surface area contributed by atoms with E-state index in [4.69, 9.17) is 4.74 Å². The van der Waals surface area contributed by atoms with Crippen LogP contribution >= 0.6 is 0 Å². The van der Waals surface area contributed by atoms with Crippen molar-refractivity contribution in [2.45, 2.75) is 162 Å². The Morgan fingerprint density at radius 3 is 1.70 bits per heavy atom. The fourth-order valence-electron chi connectivity index (χ4n) is 7.62. The third kappa shape index (κ3) is 12.3. The number of aryl methyl sites for hydroxylation is 1. The third-order valence-electron chi connectivity index (χ3n) is 10.7. The van der Waals surface area contributed by atoms with E-state index in [1.807, 2.05) is 36.7 Å². The van der Waals surface area contributed by atoms with E-state index in [1.165, 1.54) is 121 Å². The van der Waals surface area contributed by atoms with Crippen LogP contribution in [0.4, 0.5) is 0 Å². The highest BCUT2D eigenvalue weighted by Crippen LogP contribution is 2.35. The Balaban J connectivity index is 1.09. The number of esters is 1. The molecule has 1 heterocycles. The Morgan fingerprint density at radius 2 is 1.11 bits per heavy atom. The second-order valence-corrected chi connectivity index (χ2v) is 14.3. The molecular weight excluding hydrogens is 540 g/mol. The monoisotopic (exact) mass is 602 g/mol. The summed E-state index contributed by atoms with van der Waals surface area (Å²) in [6.07, 6.45) is 34.4. The fraction of sp³-hybridized carbons (Fsp3) is 0.725. The molecule has 0 bridgehead atoms. The lowest BCUT2D eigenvalue weighted by molar-refractivity contribution is -0.140. The molecular formula is C40H62N2O2. The quantitative estimate of drug-likeness (QED) is 0.0911. The van der Waals surface area contributed by atoms with Crippen LogP contribution in [0.1, 0.15) is 161 Å². The van der Waals surface area contributed by atoms with Gasteiger partial charge in [-0.2, -0.15) is 0 Å². The number of ether oxygens (including phenoxy) is 1. The van der Waals surface area contributed by atoms with E-state index >= 15 is 0 Å². The summed E-state index contributed by atoms with van der Waals surface area (Å²) >= 11 is 0. The molecule has 2 saturated carbocycles. The predicted octanol–water partition coefficient (Wildman–Crippen LogP) is 11.7. The van der Waals surface area contributed by atoms with Crippen molar-refractivity contribution in [1.29, 1.82) is 0 Å². The van der Waals surface area contributed by atoms with Crippen LogP contribution in [-0.4, -0.2) is 15.9 Å². The summed E-state index contributed by atoms with van der Waals surface area (Å²) < 4.78 is 5.76. The third-order valence-corrected chi connectivity index (χ3v) is 10.7. The molecule has 0 aliphatic heterocycles.